The maximum Gasteiger partial charge on any atom is 0.410 e. The van der Waals surface area contributed by atoms with Crippen molar-refractivity contribution in [3.63, 3.8) is 0 Å². The fraction of sp³-hybridized carbons (Fsp3) is 0.857. The van der Waals surface area contributed by atoms with E-state index in [-0.39, 0.29) is 6.09 Å². The van der Waals surface area contributed by atoms with Crippen molar-refractivity contribution in [1.82, 2.24) is 9.80 Å². The lowest BCUT2D eigenvalue weighted by molar-refractivity contribution is -0.121. The Balaban J connectivity index is 2.18. The number of hydrogen-bond donors (Lipinski definition) is 0. The van der Waals surface area contributed by atoms with Crippen molar-refractivity contribution < 1.29 is 14.3 Å². The van der Waals surface area contributed by atoms with Gasteiger partial charge < -0.3 is 14.5 Å². The van der Waals surface area contributed by atoms with E-state index in [2.05, 4.69) is 4.90 Å². The second kappa shape index (κ2) is 6.89. The van der Waals surface area contributed by atoms with Crippen LogP contribution in [-0.4, -0.2) is 60.5 Å². The Morgan fingerprint density at radius 3 is 2.42 bits per heavy atom. The van der Waals surface area contributed by atoms with Crippen LogP contribution in [-0.2, 0) is 9.53 Å². The number of piperidine rings is 1. The van der Waals surface area contributed by atoms with E-state index < -0.39 is 5.60 Å². The van der Waals surface area contributed by atoms with Gasteiger partial charge in [0.2, 0.25) is 0 Å². The molecule has 0 unspecified atom stereocenters. The number of hydrogen-bond acceptors (Lipinski definition) is 4. The SMILES string of the molecule is CN(CCCN1CCC(=O)CC1)C(=O)OC(C)(C)C. The van der Waals surface area contributed by atoms with E-state index >= 15 is 0 Å². The summed E-state index contributed by atoms with van der Waals surface area (Å²) in [6.45, 7) is 8.92. The van der Waals surface area contributed by atoms with Gasteiger partial charge in [-0.15, -0.1) is 0 Å². The minimum absolute atomic E-state index is 0.277. The highest BCUT2D eigenvalue weighted by atomic mass is 16.6. The minimum Gasteiger partial charge on any atom is -0.444 e. The van der Waals surface area contributed by atoms with E-state index in [0.29, 0.717) is 25.2 Å². The fourth-order valence-electron chi connectivity index (χ4n) is 1.99. The maximum atomic E-state index is 11.7. The molecule has 5 heteroatoms. The summed E-state index contributed by atoms with van der Waals surface area (Å²) in [6.07, 6.45) is 1.97. The molecule has 1 rings (SSSR count). The summed E-state index contributed by atoms with van der Waals surface area (Å²) in [5, 5.41) is 0. The standard InChI is InChI=1S/C14H26N2O3/c1-14(2,3)19-13(18)15(4)8-5-9-16-10-6-12(17)7-11-16/h5-11H2,1-4H3. The van der Waals surface area contributed by atoms with Crippen molar-refractivity contribution in [3.05, 3.63) is 0 Å². The Hall–Kier alpha value is -1.10. The van der Waals surface area contributed by atoms with E-state index in [0.717, 1.165) is 26.1 Å². The van der Waals surface area contributed by atoms with Crippen LogP contribution in [0.2, 0.25) is 0 Å². The third-order valence-electron chi connectivity index (χ3n) is 3.09. The van der Waals surface area contributed by atoms with Gasteiger partial charge in [-0.05, 0) is 33.7 Å². The maximum absolute atomic E-state index is 11.7. The third kappa shape index (κ3) is 6.57. The topological polar surface area (TPSA) is 49.9 Å². The molecule has 0 spiro atoms. The highest BCUT2D eigenvalue weighted by Crippen LogP contribution is 2.10. The zero-order valence-electron chi connectivity index (χ0n) is 12.6. The van der Waals surface area contributed by atoms with Gasteiger partial charge in [-0.2, -0.15) is 0 Å². The number of rotatable bonds is 4. The molecule has 0 saturated carbocycles. The van der Waals surface area contributed by atoms with E-state index in [9.17, 15) is 9.59 Å². The molecule has 0 atom stereocenters. The molecule has 0 aromatic rings. The first-order chi connectivity index (χ1) is 8.78. The smallest absolute Gasteiger partial charge is 0.410 e. The second-order valence-electron chi connectivity index (χ2n) is 6.14. The van der Waals surface area contributed by atoms with Crippen LogP contribution in [0.5, 0.6) is 0 Å². The molecule has 110 valence electrons. The Morgan fingerprint density at radius 2 is 1.89 bits per heavy atom. The van der Waals surface area contributed by atoms with Crippen LogP contribution in [0.1, 0.15) is 40.0 Å². The van der Waals surface area contributed by atoms with Crippen molar-refractivity contribution in [2.75, 3.05) is 33.2 Å². The summed E-state index contributed by atoms with van der Waals surface area (Å²) in [5.41, 5.74) is -0.446. The first-order valence-corrected chi connectivity index (χ1v) is 6.96. The monoisotopic (exact) mass is 270 g/mol. The third-order valence-corrected chi connectivity index (χ3v) is 3.09. The summed E-state index contributed by atoms with van der Waals surface area (Å²) in [4.78, 5) is 26.7. The van der Waals surface area contributed by atoms with Gasteiger partial charge >= 0.3 is 6.09 Å². The van der Waals surface area contributed by atoms with E-state index in [4.69, 9.17) is 4.74 Å². The molecule has 0 aromatic heterocycles. The van der Waals surface area contributed by atoms with Crippen molar-refractivity contribution in [2.24, 2.45) is 0 Å². The summed E-state index contributed by atoms with van der Waals surface area (Å²) < 4.78 is 5.28. The van der Waals surface area contributed by atoms with Gasteiger partial charge in [0.15, 0.2) is 0 Å². The van der Waals surface area contributed by atoms with Crippen LogP contribution in [0, 0.1) is 0 Å². The number of nitrogens with zero attached hydrogens (tertiary/aromatic N) is 2. The minimum atomic E-state index is -0.446. The molecule has 0 aromatic carbocycles. The lowest BCUT2D eigenvalue weighted by Crippen LogP contribution is -2.38. The summed E-state index contributed by atoms with van der Waals surface area (Å²) >= 11 is 0. The van der Waals surface area contributed by atoms with Gasteiger partial charge in [0.1, 0.15) is 11.4 Å². The number of ether oxygens (including phenoxy) is 1. The van der Waals surface area contributed by atoms with Crippen molar-refractivity contribution in [3.8, 4) is 0 Å². The summed E-state index contributed by atoms with van der Waals surface area (Å²) in [5.74, 6) is 0.363. The van der Waals surface area contributed by atoms with Gasteiger partial charge in [-0.25, -0.2) is 4.79 Å². The zero-order chi connectivity index (χ0) is 14.5. The van der Waals surface area contributed by atoms with Gasteiger partial charge in [0, 0.05) is 39.5 Å². The molecule has 5 nitrogen and oxygen atoms in total. The predicted molar refractivity (Wildman–Crippen MR) is 74.2 cm³/mol. The molecule has 1 heterocycles. The normalized spacial score (nSPS) is 17.4. The van der Waals surface area contributed by atoms with Gasteiger partial charge in [-0.1, -0.05) is 0 Å². The number of amides is 1. The number of carbonyl (C=O) groups excluding carboxylic acids is 2. The molecule has 19 heavy (non-hydrogen) atoms. The number of ketones is 1. The molecule has 1 aliphatic rings. The molecule has 1 saturated heterocycles. The average molecular weight is 270 g/mol. The highest BCUT2D eigenvalue weighted by Gasteiger charge is 2.20. The van der Waals surface area contributed by atoms with Crippen LogP contribution < -0.4 is 0 Å². The first-order valence-electron chi connectivity index (χ1n) is 6.96. The number of Topliss-reactive ketones (excluding diaryl/α,β-unsaturated/α-hetero) is 1. The molecule has 0 radical (unpaired) electrons. The lowest BCUT2D eigenvalue weighted by atomic mass is 10.1. The van der Waals surface area contributed by atoms with Crippen LogP contribution >= 0.6 is 0 Å². The molecular formula is C14H26N2O3. The molecule has 1 amide bonds. The zero-order valence-corrected chi connectivity index (χ0v) is 12.6. The molecule has 0 N–H and O–H groups in total. The molecule has 1 fully saturated rings. The second-order valence-corrected chi connectivity index (χ2v) is 6.14. The molecule has 0 bridgehead atoms. The van der Waals surface area contributed by atoms with Crippen molar-refractivity contribution >= 4 is 11.9 Å². The number of carbonyl (C=O) groups is 2. The Kier molecular flexibility index (Phi) is 5.79. The van der Waals surface area contributed by atoms with Gasteiger partial charge in [0.25, 0.3) is 0 Å². The average Bonchev–Trinajstić information content (AvgIpc) is 2.29. The first kappa shape index (κ1) is 16.0. The molecular weight excluding hydrogens is 244 g/mol. The van der Waals surface area contributed by atoms with E-state index in [1.165, 1.54) is 0 Å². The molecule has 1 aliphatic heterocycles. The van der Waals surface area contributed by atoms with Crippen LogP contribution in [0.15, 0.2) is 0 Å². The fourth-order valence-corrected chi connectivity index (χ4v) is 1.99. The number of likely N-dealkylation sites (tertiary alicyclic amines) is 1. The van der Waals surface area contributed by atoms with Gasteiger partial charge in [-0.3, -0.25) is 4.79 Å². The Bertz CT molecular complexity index is 313. The summed E-state index contributed by atoms with van der Waals surface area (Å²) in [6, 6.07) is 0. The largest absolute Gasteiger partial charge is 0.444 e. The van der Waals surface area contributed by atoms with Crippen molar-refractivity contribution in [1.29, 1.82) is 0 Å². The Morgan fingerprint density at radius 1 is 1.32 bits per heavy atom. The van der Waals surface area contributed by atoms with E-state index in [1.807, 2.05) is 20.8 Å². The lowest BCUT2D eigenvalue weighted by Gasteiger charge is -2.27. The van der Waals surface area contributed by atoms with Crippen LogP contribution in [0.3, 0.4) is 0 Å². The summed E-state index contributed by atoms with van der Waals surface area (Å²) in [7, 11) is 1.76. The van der Waals surface area contributed by atoms with E-state index in [1.54, 1.807) is 11.9 Å². The van der Waals surface area contributed by atoms with Crippen molar-refractivity contribution in [2.45, 2.75) is 45.6 Å². The van der Waals surface area contributed by atoms with Gasteiger partial charge in [0.05, 0.1) is 0 Å². The predicted octanol–water partition coefficient (Wildman–Crippen LogP) is 1.91. The van der Waals surface area contributed by atoms with Crippen LogP contribution in [0.4, 0.5) is 4.79 Å². The Labute approximate surface area is 115 Å². The quantitative estimate of drug-likeness (QED) is 0.783. The highest BCUT2D eigenvalue weighted by molar-refractivity contribution is 5.79. The van der Waals surface area contributed by atoms with Crippen LogP contribution in [0.25, 0.3) is 0 Å². The molecule has 0 aliphatic carbocycles.